The number of benzene rings is 2. The molecular formula is C24H21NO3S. The third-order valence-corrected chi connectivity index (χ3v) is 5.90. The van der Waals surface area contributed by atoms with Crippen LogP contribution in [0.3, 0.4) is 0 Å². The van der Waals surface area contributed by atoms with Gasteiger partial charge in [0.05, 0.1) is 14.2 Å². The fraction of sp³-hybridized carbons (Fsp3) is 0.125. The molecule has 0 radical (unpaired) electrons. The molecule has 4 nitrogen and oxygen atoms in total. The summed E-state index contributed by atoms with van der Waals surface area (Å²) in [5, 5.41) is 13.4. The normalized spacial score (nSPS) is 11.8. The predicted molar refractivity (Wildman–Crippen MR) is 117 cm³/mol. The zero-order chi connectivity index (χ0) is 20.2. The summed E-state index contributed by atoms with van der Waals surface area (Å²) in [6.07, 6.45) is 2.63. The Hall–Kier alpha value is -3.15. The third-order valence-electron chi connectivity index (χ3n) is 4.86. The average molecular weight is 404 g/mol. The summed E-state index contributed by atoms with van der Waals surface area (Å²) in [6, 6.07) is 19.5. The quantitative estimate of drug-likeness (QED) is 0.457. The van der Waals surface area contributed by atoms with E-state index >= 15 is 0 Å². The first-order chi connectivity index (χ1) is 14.2. The Kier molecular flexibility index (Phi) is 5.60. The maximum absolute atomic E-state index is 11.3. The Labute approximate surface area is 174 Å². The number of methoxy groups -OCH3 is 2. The molecule has 2 aromatic heterocycles. The summed E-state index contributed by atoms with van der Waals surface area (Å²) in [5.74, 6) is 1.60. The second kappa shape index (κ2) is 8.47. The van der Waals surface area contributed by atoms with E-state index in [2.05, 4.69) is 10.4 Å². The highest BCUT2D eigenvalue weighted by Crippen LogP contribution is 2.44. The van der Waals surface area contributed by atoms with Crippen LogP contribution in [-0.4, -0.2) is 24.3 Å². The van der Waals surface area contributed by atoms with Crippen molar-refractivity contribution in [1.29, 1.82) is 0 Å². The van der Waals surface area contributed by atoms with Crippen LogP contribution in [0.4, 0.5) is 0 Å². The van der Waals surface area contributed by atoms with Crippen molar-refractivity contribution in [1.82, 2.24) is 4.98 Å². The number of rotatable bonds is 6. The Bertz CT molecular complexity index is 1010. The van der Waals surface area contributed by atoms with Crippen LogP contribution in [0.25, 0.3) is 21.6 Å². The summed E-state index contributed by atoms with van der Waals surface area (Å²) >= 11 is 1.62. The lowest BCUT2D eigenvalue weighted by Gasteiger charge is -2.16. The summed E-state index contributed by atoms with van der Waals surface area (Å²) in [7, 11) is 3.30. The van der Waals surface area contributed by atoms with Crippen molar-refractivity contribution in [3.8, 4) is 33.1 Å². The van der Waals surface area contributed by atoms with Gasteiger partial charge in [-0.3, -0.25) is 4.98 Å². The van der Waals surface area contributed by atoms with Crippen LogP contribution in [0.5, 0.6) is 11.5 Å². The Balaban J connectivity index is 1.85. The van der Waals surface area contributed by atoms with E-state index in [1.165, 1.54) is 0 Å². The number of nitrogens with zero attached hydrogens (tertiary/aromatic N) is 1. The zero-order valence-electron chi connectivity index (χ0n) is 16.2. The monoisotopic (exact) mass is 403 g/mol. The fourth-order valence-corrected chi connectivity index (χ4v) is 4.42. The van der Waals surface area contributed by atoms with Gasteiger partial charge in [-0.2, -0.15) is 0 Å². The lowest BCUT2D eigenvalue weighted by Crippen LogP contribution is -2.02. The minimum Gasteiger partial charge on any atom is -0.497 e. The Morgan fingerprint density at radius 1 is 0.862 bits per heavy atom. The lowest BCUT2D eigenvalue weighted by molar-refractivity contribution is 0.221. The largest absolute Gasteiger partial charge is 0.497 e. The molecule has 0 saturated heterocycles. The summed E-state index contributed by atoms with van der Waals surface area (Å²) < 4.78 is 10.6. The summed E-state index contributed by atoms with van der Waals surface area (Å²) in [6.45, 7) is 0. The molecule has 4 aromatic rings. The second-order valence-electron chi connectivity index (χ2n) is 6.54. The second-order valence-corrected chi connectivity index (χ2v) is 7.42. The number of aromatic nitrogens is 1. The molecule has 2 aromatic carbocycles. The molecule has 0 fully saturated rings. The standard InChI is InChI=1S/C24H21NO3S/c1-27-19-9-5-16(6-10-19)21-15-29-24(17-7-11-20(28-2)12-8-17)22(21)23(26)18-4-3-13-25-14-18/h3-15,23,26H,1-2H3. The molecule has 0 spiro atoms. The molecule has 4 rings (SSSR count). The summed E-state index contributed by atoms with van der Waals surface area (Å²) in [4.78, 5) is 5.20. The molecule has 0 aliphatic carbocycles. The molecule has 0 saturated carbocycles. The number of pyridine rings is 1. The van der Waals surface area contributed by atoms with Gasteiger partial charge in [-0.05, 0) is 64.5 Å². The molecule has 0 bridgehead atoms. The van der Waals surface area contributed by atoms with Gasteiger partial charge < -0.3 is 14.6 Å². The van der Waals surface area contributed by atoms with Crippen molar-refractivity contribution in [2.45, 2.75) is 6.10 Å². The van der Waals surface area contributed by atoms with Crippen molar-refractivity contribution in [2.75, 3.05) is 14.2 Å². The van der Waals surface area contributed by atoms with Gasteiger partial charge in [-0.25, -0.2) is 0 Å². The molecule has 146 valence electrons. The first-order valence-electron chi connectivity index (χ1n) is 9.19. The van der Waals surface area contributed by atoms with Gasteiger partial charge in [0.2, 0.25) is 0 Å². The number of hydrogen-bond acceptors (Lipinski definition) is 5. The van der Waals surface area contributed by atoms with Gasteiger partial charge in [0.1, 0.15) is 17.6 Å². The highest BCUT2D eigenvalue weighted by atomic mass is 32.1. The molecule has 1 unspecified atom stereocenters. The molecule has 29 heavy (non-hydrogen) atoms. The van der Waals surface area contributed by atoms with E-state index in [4.69, 9.17) is 9.47 Å². The van der Waals surface area contributed by atoms with Gasteiger partial charge in [0, 0.05) is 28.4 Å². The highest BCUT2D eigenvalue weighted by molar-refractivity contribution is 7.14. The molecule has 0 amide bonds. The molecular weight excluding hydrogens is 382 g/mol. The van der Waals surface area contributed by atoms with E-state index in [0.717, 1.165) is 44.2 Å². The number of hydrogen-bond donors (Lipinski definition) is 1. The van der Waals surface area contributed by atoms with Gasteiger partial charge in [0.15, 0.2) is 0 Å². The van der Waals surface area contributed by atoms with Crippen molar-refractivity contribution in [3.05, 3.63) is 89.6 Å². The van der Waals surface area contributed by atoms with E-state index in [1.807, 2.05) is 60.7 Å². The first-order valence-corrected chi connectivity index (χ1v) is 10.1. The van der Waals surface area contributed by atoms with Crippen LogP contribution in [0.15, 0.2) is 78.4 Å². The van der Waals surface area contributed by atoms with Crippen molar-refractivity contribution < 1.29 is 14.6 Å². The Morgan fingerprint density at radius 2 is 1.48 bits per heavy atom. The van der Waals surface area contributed by atoms with Crippen molar-refractivity contribution in [2.24, 2.45) is 0 Å². The third kappa shape index (κ3) is 3.88. The SMILES string of the molecule is COc1ccc(-c2csc(-c3ccc(OC)cc3)c2C(O)c2cccnc2)cc1. The lowest BCUT2D eigenvalue weighted by atomic mass is 9.93. The topological polar surface area (TPSA) is 51.6 Å². The maximum Gasteiger partial charge on any atom is 0.118 e. The zero-order valence-corrected chi connectivity index (χ0v) is 17.0. The van der Waals surface area contributed by atoms with Crippen LogP contribution in [0, 0.1) is 0 Å². The number of ether oxygens (including phenoxy) is 2. The van der Waals surface area contributed by atoms with Crippen LogP contribution in [0.1, 0.15) is 17.2 Å². The molecule has 0 aliphatic rings. The van der Waals surface area contributed by atoms with Crippen LogP contribution in [-0.2, 0) is 0 Å². The van der Waals surface area contributed by atoms with Gasteiger partial charge in [-0.15, -0.1) is 11.3 Å². The number of thiophene rings is 1. The Morgan fingerprint density at radius 3 is 2.03 bits per heavy atom. The fourth-order valence-electron chi connectivity index (χ4n) is 3.30. The summed E-state index contributed by atoms with van der Waals surface area (Å²) in [5.41, 5.74) is 4.70. The van der Waals surface area contributed by atoms with Crippen molar-refractivity contribution in [3.63, 3.8) is 0 Å². The van der Waals surface area contributed by atoms with Crippen molar-refractivity contribution >= 4 is 11.3 Å². The van der Waals surface area contributed by atoms with E-state index in [1.54, 1.807) is 38.0 Å². The van der Waals surface area contributed by atoms with Gasteiger partial charge in [0.25, 0.3) is 0 Å². The molecule has 1 N–H and O–H groups in total. The van der Waals surface area contributed by atoms with Crippen LogP contribution in [0.2, 0.25) is 0 Å². The van der Waals surface area contributed by atoms with E-state index in [0.29, 0.717) is 0 Å². The minimum atomic E-state index is -0.788. The van der Waals surface area contributed by atoms with Crippen LogP contribution < -0.4 is 9.47 Å². The van der Waals surface area contributed by atoms with Crippen LogP contribution >= 0.6 is 11.3 Å². The first kappa shape index (κ1) is 19.2. The molecule has 2 heterocycles. The molecule has 1 atom stereocenters. The molecule has 0 aliphatic heterocycles. The van der Waals surface area contributed by atoms with E-state index in [-0.39, 0.29) is 0 Å². The van der Waals surface area contributed by atoms with Gasteiger partial charge in [-0.1, -0.05) is 18.2 Å². The van der Waals surface area contributed by atoms with E-state index in [9.17, 15) is 5.11 Å². The predicted octanol–water partition coefficient (Wildman–Crippen LogP) is 5.58. The van der Waals surface area contributed by atoms with Gasteiger partial charge >= 0.3 is 0 Å². The smallest absolute Gasteiger partial charge is 0.118 e. The number of aliphatic hydroxyl groups excluding tert-OH is 1. The maximum atomic E-state index is 11.3. The molecule has 5 heteroatoms. The minimum absolute atomic E-state index is 0.760. The highest BCUT2D eigenvalue weighted by Gasteiger charge is 2.23. The average Bonchev–Trinajstić information content (AvgIpc) is 3.24. The number of aliphatic hydroxyl groups is 1. The van der Waals surface area contributed by atoms with E-state index < -0.39 is 6.10 Å².